The van der Waals surface area contributed by atoms with Crippen molar-refractivity contribution in [3.8, 4) is 0 Å². The lowest BCUT2D eigenvalue weighted by molar-refractivity contribution is -0.116. The highest BCUT2D eigenvalue weighted by Gasteiger charge is 2.25. The number of anilines is 1. The number of rotatable bonds is 4. The van der Waals surface area contributed by atoms with Gasteiger partial charge in [-0.1, -0.05) is 67.6 Å². The molecule has 0 bridgehead atoms. The van der Waals surface area contributed by atoms with Gasteiger partial charge in [0.15, 0.2) is 5.13 Å². The average Bonchev–Trinajstić information content (AvgIpc) is 3.05. The number of nitrogens with one attached hydrogen (secondary N) is 1. The zero-order valence-corrected chi connectivity index (χ0v) is 15.6. The minimum atomic E-state index is -0.336. The third-order valence-corrected chi connectivity index (χ3v) is 5.98. The maximum Gasteiger partial charge on any atom is 0.238 e. The maximum absolute atomic E-state index is 13.1. The standard InChI is InChI=1S/C22H22N2OS/c1-15-12-13-18-19(14-15)26-22(23-18)24-21(25)20(16-8-4-2-5-9-16)17-10-6-3-7-11-17/h2-11,15,20H,12-14H2,1H3,(H,23,24,25)/t15-/m0/s1. The molecule has 26 heavy (non-hydrogen) atoms. The summed E-state index contributed by atoms with van der Waals surface area (Å²) in [5, 5.41) is 3.81. The fourth-order valence-electron chi connectivity index (χ4n) is 3.56. The number of amides is 1. The molecule has 1 atom stereocenters. The first kappa shape index (κ1) is 17.0. The Kier molecular flexibility index (Phi) is 4.85. The Morgan fingerprint density at radius 3 is 2.31 bits per heavy atom. The van der Waals surface area contributed by atoms with E-state index >= 15 is 0 Å². The average molecular weight is 362 g/mol. The molecule has 0 aliphatic heterocycles. The first-order chi connectivity index (χ1) is 12.7. The monoisotopic (exact) mass is 362 g/mol. The molecule has 1 N–H and O–H groups in total. The van der Waals surface area contributed by atoms with Crippen molar-refractivity contribution >= 4 is 22.4 Å². The summed E-state index contributed by atoms with van der Waals surface area (Å²) < 4.78 is 0. The van der Waals surface area contributed by atoms with Gasteiger partial charge in [-0.15, -0.1) is 11.3 Å². The molecule has 0 fully saturated rings. The Morgan fingerprint density at radius 1 is 1.08 bits per heavy atom. The van der Waals surface area contributed by atoms with Crippen molar-refractivity contribution in [2.24, 2.45) is 5.92 Å². The van der Waals surface area contributed by atoms with Gasteiger partial charge in [0.05, 0.1) is 11.6 Å². The van der Waals surface area contributed by atoms with E-state index in [9.17, 15) is 4.79 Å². The Hall–Kier alpha value is -2.46. The number of carbonyl (C=O) groups excluding carboxylic acids is 1. The van der Waals surface area contributed by atoms with Crippen LogP contribution < -0.4 is 5.32 Å². The Bertz CT molecular complexity index is 850. The highest BCUT2D eigenvalue weighted by Crippen LogP contribution is 2.33. The van der Waals surface area contributed by atoms with E-state index in [1.807, 2.05) is 60.7 Å². The number of fused-ring (bicyclic) bond motifs is 1. The van der Waals surface area contributed by atoms with Gasteiger partial charge in [-0.2, -0.15) is 0 Å². The van der Waals surface area contributed by atoms with Crippen LogP contribution in [-0.2, 0) is 17.6 Å². The van der Waals surface area contributed by atoms with Gasteiger partial charge in [0.2, 0.25) is 5.91 Å². The number of hydrogen-bond donors (Lipinski definition) is 1. The third-order valence-electron chi connectivity index (χ3n) is 4.94. The maximum atomic E-state index is 13.1. The number of carbonyl (C=O) groups is 1. The molecule has 1 aliphatic rings. The lowest BCUT2D eigenvalue weighted by Crippen LogP contribution is -2.22. The van der Waals surface area contributed by atoms with Crippen LogP contribution in [-0.4, -0.2) is 10.9 Å². The van der Waals surface area contributed by atoms with Crippen molar-refractivity contribution in [2.45, 2.75) is 32.1 Å². The van der Waals surface area contributed by atoms with E-state index in [1.54, 1.807) is 11.3 Å². The van der Waals surface area contributed by atoms with Crippen LogP contribution in [0.4, 0.5) is 5.13 Å². The number of thiazole rings is 1. The molecule has 1 aromatic heterocycles. The zero-order chi connectivity index (χ0) is 17.9. The number of aryl methyl sites for hydroxylation is 1. The minimum Gasteiger partial charge on any atom is -0.301 e. The van der Waals surface area contributed by atoms with E-state index in [0.717, 1.165) is 29.1 Å². The van der Waals surface area contributed by atoms with Crippen LogP contribution in [0.5, 0.6) is 0 Å². The number of hydrogen-bond acceptors (Lipinski definition) is 3. The van der Waals surface area contributed by atoms with E-state index in [-0.39, 0.29) is 11.8 Å². The van der Waals surface area contributed by atoms with Crippen molar-refractivity contribution in [3.05, 3.63) is 82.4 Å². The van der Waals surface area contributed by atoms with Gasteiger partial charge in [0, 0.05) is 4.88 Å². The lowest BCUT2D eigenvalue weighted by atomic mass is 9.90. The Labute approximate surface area is 158 Å². The molecule has 4 rings (SSSR count). The highest BCUT2D eigenvalue weighted by molar-refractivity contribution is 7.15. The van der Waals surface area contributed by atoms with Crippen molar-refractivity contribution in [1.29, 1.82) is 0 Å². The highest BCUT2D eigenvalue weighted by atomic mass is 32.1. The van der Waals surface area contributed by atoms with Crippen molar-refractivity contribution in [2.75, 3.05) is 5.32 Å². The molecule has 0 spiro atoms. The molecule has 0 saturated heterocycles. The fraction of sp³-hybridized carbons (Fsp3) is 0.273. The molecule has 132 valence electrons. The molecule has 3 aromatic rings. The summed E-state index contributed by atoms with van der Waals surface area (Å²) in [6.07, 6.45) is 3.27. The van der Waals surface area contributed by atoms with Gasteiger partial charge in [-0.05, 0) is 36.3 Å². The van der Waals surface area contributed by atoms with Crippen LogP contribution in [0.3, 0.4) is 0 Å². The number of nitrogens with zero attached hydrogens (tertiary/aromatic N) is 1. The summed E-state index contributed by atoms with van der Waals surface area (Å²) in [5.74, 6) is 0.340. The fourth-order valence-corrected chi connectivity index (χ4v) is 4.73. The van der Waals surface area contributed by atoms with E-state index < -0.39 is 0 Å². The second kappa shape index (κ2) is 7.42. The number of benzene rings is 2. The van der Waals surface area contributed by atoms with Crippen LogP contribution in [0.15, 0.2) is 60.7 Å². The molecule has 2 aromatic carbocycles. The van der Waals surface area contributed by atoms with Crippen LogP contribution in [0.2, 0.25) is 0 Å². The molecule has 1 amide bonds. The number of aromatic nitrogens is 1. The summed E-state index contributed by atoms with van der Waals surface area (Å²) >= 11 is 1.63. The summed E-state index contributed by atoms with van der Waals surface area (Å²) in [7, 11) is 0. The van der Waals surface area contributed by atoms with E-state index in [2.05, 4.69) is 17.2 Å². The van der Waals surface area contributed by atoms with Gasteiger partial charge in [-0.25, -0.2) is 4.98 Å². The molecular weight excluding hydrogens is 340 g/mol. The Balaban J connectivity index is 1.61. The second-order valence-electron chi connectivity index (χ2n) is 6.98. The first-order valence-corrected chi connectivity index (χ1v) is 9.91. The molecule has 4 heteroatoms. The molecule has 1 aliphatic carbocycles. The largest absolute Gasteiger partial charge is 0.301 e. The van der Waals surface area contributed by atoms with E-state index in [0.29, 0.717) is 5.92 Å². The second-order valence-corrected chi connectivity index (χ2v) is 8.06. The summed E-state index contributed by atoms with van der Waals surface area (Å²) in [4.78, 5) is 19.2. The van der Waals surface area contributed by atoms with Gasteiger partial charge in [-0.3, -0.25) is 4.79 Å². The molecule has 0 unspecified atom stereocenters. The predicted octanol–water partition coefficient (Wildman–Crippen LogP) is 5.04. The van der Waals surface area contributed by atoms with Gasteiger partial charge >= 0.3 is 0 Å². The quantitative estimate of drug-likeness (QED) is 0.706. The van der Waals surface area contributed by atoms with Crippen molar-refractivity contribution < 1.29 is 4.79 Å². The molecule has 1 heterocycles. The topological polar surface area (TPSA) is 42.0 Å². The van der Waals surface area contributed by atoms with Crippen molar-refractivity contribution in [3.63, 3.8) is 0 Å². The molecular formula is C22H22N2OS. The van der Waals surface area contributed by atoms with Crippen LogP contribution in [0, 0.1) is 5.92 Å². The van der Waals surface area contributed by atoms with Crippen LogP contribution >= 0.6 is 11.3 Å². The smallest absolute Gasteiger partial charge is 0.238 e. The normalized spacial score (nSPS) is 16.3. The predicted molar refractivity (Wildman–Crippen MR) is 107 cm³/mol. The van der Waals surface area contributed by atoms with E-state index in [1.165, 1.54) is 17.0 Å². The lowest BCUT2D eigenvalue weighted by Gasteiger charge is -2.17. The molecule has 3 nitrogen and oxygen atoms in total. The first-order valence-electron chi connectivity index (χ1n) is 9.10. The van der Waals surface area contributed by atoms with Gasteiger partial charge in [0.1, 0.15) is 0 Å². The SMILES string of the molecule is C[C@H]1CCc2nc(NC(=O)C(c3ccccc3)c3ccccc3)sc2C1. The Morgan fingerprint density at radius 2 is 1.69 bits per heavy atom. The van der Waals surface area contributed by atoms with Crippen LogP contribution in [0.1, 0.15) is 41.0 Å². The van der Waals surface area contributed by atoms with Gasteiger partial charge in [0.25, 0.3) is 0 Å². The van der Waals surface area contributed by atoms with Crippen LogP contribution in [0.25, 0.3) is 0 Å². The summed E-state index contributed by atoms with van der Waals surface area (Å²) in [6.45, 7) is 2.28. The van der Waals surface area contributed by atoms with Gasteiger partial charge < -0.3 is 5.32 Å². The third kappa shape index (κ3) is 3.56. The molecule has 0 saturated carbocycles. The minimum absolute atomic E-state index is 0.0263. The summed E-state index contributed by atoms with van der Waals surface area (Å²) in [6, 6.07) is 19.9. The summed E-state index contributed by atoms with van der Waals surface area (Å²) in [5.41, 5.74) is 3.15. The molecule has 0 radical (unpaired) electrons. The van der Waals surface area contributed by atoms with E-state index in [4.69, 9.17) is 0 Å². The zero-order valence-electron chi connectivity index (χ0n) is 14.8. The van der Waals surface area contributed by atoms with Crippen molar-refractivity contribution in [1.82, 2.24) is 4.98 Å².